The quantitative estimate of drug-likeness (QED) is 0.803. The molecule has 0 saturated carbocycles. The molecular weight excluding hydrogens is 351 g/mol. The highest BCUT2D eigenvalue weighted by Crippen LogP contribution is 2.21. The molecule has 6 nitrogen and oxygen atoms in total. The zero-order valence-electron chi connectivity index (χ0n) is 9.80. The van der Waals surface area contributed by atoms with E-state index in [1.807, 2.05) is 22.6 Å². The average molecular weight is 364 g/mol. The number of aryl methyl sites for hydroxylation is 1. The highest BCUT2D eigenvalue weighted by atomic mass is 127. The van der Waals surface area contributed by atoms with Gasteiger partial charge < -0.3 is 9.84 Å². The van der Waals surface area contributed by atoms with Crippen molar-refractivity contribution >= 4 is 28.6 Å². The van der Waals surface area contributed by atoms with Crippen LogP contribution in [0.4, 0.5) is 0 Å². The fourth-order valence-electron chi connectivity index (χ4n) is 1.99. The van der Waals surface area contributed by atoms with E-state index < -0.39 is 12.1 Å². The van der Waals surface area contributed by atoms with Crippen LogP contribution < -0.4 is 5.56 Å². The van der Waals surface area contributed by atoms with Crippen molar-refractivity contribution in [1.29, 1.82) is 0 Å². The molecule has 1 fully saturated rings. The van der Waals surface area contributed by atoms with Crippen molar-refractivity contribution in [2.75, 3.05) is 0 Å². The van der Waals surface area contributed by atoms with Gasteiger partial charge in [0.25, 0.3) is 5.56 Å². The molecular formula is C11H13IN2O4. The van der Waals surface area contributed by atoms with E-state index in [1.54, 1.807) is 6.92 Å². The van der Waals surface area contributed by atoms with Crippen molar-refractivity contribution in [1.82, 2.24) is 9.55 Å². The molecule has 98 valence electrons. The molecule has 18 heavy (non-hydrogen) atoms. The summed E-state index contributed by atoms with van der Waals surface area (Å²) in [5.41, 5.74) is -0.106. The van der Waals surface area contributed by atoms with Crippen LogP contribution in [0.5, 0.6) is 0 Å². The molecule has 0 aliphatic carbocycles. The van der Waals surface area contributed by atoms with Crippen molar-refractivity contribution in [2.45, 2.75) is 38.5 Å². The standard InChI is InChI=1S/C11H13IN2O4/c1-6-13-4-8(12)10(15)14(6)5-7-2-3-9(18-7)11(16)17/h4,7,9H,2-3,5H2,1H3,(H,16,17). The minimum atomic E-state index is -0.942. The van der Waals surface area contributed by atoms with Crippen LogP contribution in [0.3, 0.4) is 0 Å². The number of hydrogen-bond donors (Lipinski definition) is 1. The van der Waals surface area contributed by atoms with Crippen molar-refractivity contribution in [3.63, 3.8) is 0 Å². The van der Waals surface area contributed by atoms with E-state index in [4.69, 9.17) is 9.84 Å². The summed E-state index contributed by atoms with van der Waals surface area (Å²) in [6.45, 7) is 2.11. The number of nitrogens with zero attached hydrogens (tertiary/aromatic N) is 2. The summed E-state index contributed by atoms with van der Waals surface area (Å²) < 4.78 is 7.47. The lowest BCUT2D eigenvalue weighted by Gasteiger charge is -2.15. The number of rotatable bonds is 3. The predicted octanol–water partition coefficient (Wildman–Crippen LogP) is 0.789. The Bertz CT molecular complexity index is 528. The lowest BCUT2D eigenvalue weighted by Crippen LogP contribution is -2.31. The minimum Gasteiger partial charge on any atom is -0.479 e. The van der Waals surface area contributed by atoms with Gasteiger partial charge in [-0.05, 0) is 42.4 Å². The Morgan fingerprint density at radius 2 is 2.39 bits per heavy atom. The molecule has 0 aromatic carbocycles. The smallest absolute Gasteiger partial charge is 0.332 e. The van der Waals surface area contributed by atoms with E-state index in [2.05, 4.69) is 4.98 Å². The van der Waals surface area contributed by atoms with Crippen molar-refractivity contribution in [2.24, 2.45) is 0 Å². The van der Waals surface area contributed by atoms with Crippen LogP contribution in [-0.2, 0) is 16.1 Å². The molecule has 0 spiro atoms. The van der Waals surface area contributed by atoms with Gasteiger partial charge in [0, 0.05) is 6.20 Å². The molecule has 2 unspecified atom stereocenters. The fourth-order valence-corrected chi connectivity index (χ4v) is 2.42. The first-order valence-electron chi connectivity index (χ1n) is 5.59. The number of aromatic nitrogens is 2. The Hall–Kier alpha value is -0.960. The molecule has 2 rings (SSSR count). The Labute approximate surface area is 117 Å². The maximum atomic E-state index is 11.9. The van der Waals surface area contributed by atoms with Gasteiger partial charge in [-0.1, -0.05) is 0 Å². The van der Waals surface area contributed by atoms with Gasteiger partial charge in [0.1, 0.15) is 5.82 Å². The van der Waals surface area contributed by atoms with Gasteiger partial charge in [0.05, 0.1) is 16.2 Å². The molecule has 2 heterocycles. The molecule has 2 atom stereocenters. The van der Waals surface area contributed by atoms with Crippen LogP contribution in [0.15, 0.2) is 11.0 Å². The maximum Gasteiger partial charge on any atom is 0.332 e. The van der Waals surface area contributed by atoms with E-state index in [1.165, 1.54) is 10.8 Å². The number of hydrogen-bond acceptors (Lipinski definition) is 4. The number of aliphatic carboxylic acids is 1. The molecule has 1 N–H and O–H groups in total. The van der Waals surface area contributed by atoms with Crippen molar-refractivity contribution < 1.29 is 14.6 Å². The highest BCUT2D eigenvalue weighted by molar-refractivity contribution is 14.1. The molecule has 1 aliphatic heterocycles. The molecule has 0 amide bonds. The summed E-state index contributed by atoms with van der Waals surface area (Å²) in [5.74, 6) is -0.329. The fraction of sp³-hybridized carbons (Fsp3) is 0.545. The van der Waals surface area contributed by atoms with E-state index >= 15 is 0 Å². The normalized spacial score (nSPS) is 23.2. The largest absolute Gasteiger partial charge is 0.479 e. The van der Waals surface area contributed by atoms with Gasteiger partial charge in [-0.25, -0.2) is 9.78 Å². The van der Waals surface area contributed by atoms with E-state index in [9.17, 15) is 9.59 Å². The molecule has 1 aliphatic rings. The molecule has 0 radical (unpaired) electrons. The van der Waals surface area contributed by atoms with Gasteiger partial charge in [0.15, 0.2) is 6.10 Å². The third-order valence-electron chi connectivity index (χ3n) is 2.97. The Kier molecular flexibility index (Phi) is 4.00. The van der Waals surface area contributed by atoms with Crippen LogP contribution in [-0.4, -0.2) is 32.8 Å². The number of carboxylic acids is 1. The third-order valence-corrected chi connectivity index (χ3v) is 3.71. The zero-order chi connectivity index (χ0) is 13.3. The second kappa shape index (κ2) is 5.35. The third kappa shape index (κ3) is 2.72. The predicted molar refractivity (Wildman–Crippen MR) is 71.5 cm³/mol. The first kappa shape index (κ1) is 13.5. The Morgan fingerprint density at radius 3 is 3.00 bits per heavy atom. The van der Waals surface area contributed by atoms with Gasteiger partial charge in [0.2, 0.25) is 0 Å². The van der Waals surface area contributed by atoms with E-state index in [0.717, 1.165) is 0 Å². The van der Waals surface area contributed by atoms with Gasteiger partial charge in [-0.15, -0.1) is 0 Å². The van der Waals surface area contributed by atoms with E-state index in [-0.39, 0.29) is 11.7 Å². The monoisotopic (exact) mass is 364 g/mol. The SMILES string of the molecule is Cc1ncc(I)c(=O)n1CC1CCC(C(=O)O)O1. The summed E-state index contributed by atoms with van der Waals surface area (Å²) in [5, 5.41) is 8.84. The maximum absolute atomic E-state index is 11.9. The summed E-state index contributed by atoms with van der Waals surface area (Å²) >= 11 is 1.94. The second-order valence-corrected chi connectivity index (χ2v) is 5.39. The van der Waals surface area contributed by atoms with Gasteiger partial charge >= 0.3 is 5.97 Å². The topological polar surface area (TPSA) is 81.4 Å². The zero-order valence-corrected chi connectivity index (χ0v) is 12.0. The van der Waals surface area contributed by atoms with Crippen LogP contribution in [0.2, 0.25) is 0 Å². The highest BCUT2D eigenvalue weighted by Gasteiger charge is 2.31. The van der Waals surface area contributed by atoms with Gasteiger partial charge in [-0.2, -0.15) is 0 Å². The molecule has 7 heteroatoms. The molecule has 1 aromatic rings. The van der Waals surface area contributed by atoms with Crippen molar-refractivity contribution in [3.05, 3.63) is 25.9 Å². The lowest BCUT2D eigenvalue weighted by molar-refractivity contribution is -0.149. The lowest BCUT2D eigenvalue weighted by atomic mass is 10.2. The summed E-state index contributed by atoms with van der Waals surface area (Å²) in [6, 6.07) is 0. The van der Waals surface area contributed by atoms with E-state index in [0.29, 0.717) is 28.8 Å². The average Bonchev–Trinajstić information content (AvgIpc) is 2.78. The van der Waals surface area contributed by atoms with Crippen LogP contribution >= 0.6 is 22.6 Å². The van der Waals surface area contributed by atoms with Gasteiger partial charge in [-0.3, -0.25) is 9.36 Å². The Morgan fingerprint density at radius 1 is 1.67 bits per heavy atom. The first-order chi connectivity index (χ1) is 8.49. The van der Waals surface area contributed by atoms with Crippen LogP contribution in [0.25, 0.3) is 0 Å². The first-order valence-corrected chi connectivity index (χ1v) is 6.67. The van der Waals surface area contributed by atoms with Crippen molar-refractivity contribution in [3.8, 4) is 0 Å². The number of carbonyl (C=O) groups is 1. The van der Waals surface area contributed by atoms with Crippen LogP contribution in [0.1, 0.15) is 18.7 Å². The Balaban J connectivity index is 2.14. The number of halogens is 1. The molecule has 0 bridgehead atoms. The second-order valence-electron chi connectivity index (χ2n) is 4.23. The summed E-state index contributed by atoms with van der Waals surface area (Å²) in [6.07, 6.45) is 1.69. The van der Waals surface area contributed by atoms with Crippen LogP contribution in [0, 0.1) is 10.5 Å². The number of ether oxygens (including phenoxy) is 1. The molecule has 1 saturated heterocycles. The summed E-state index contributed by atoms with van der Waals surface area (Å²) in [7, 11) is 0. The minimum absolute atomic E-state index is 0.106. The summed E-state index contributed by atoms with van der Waals surface area (Å²) in [4.78, 5) is 26.8. The molecule has 1 aromatic heterocycles. The number of carboxylic acid groups (broad SMARTS) is 1.